The molecule has 1 heterocycles. The molecule has 1 saturated heterocycles. The molecule has 130 valence electrons. The van der Waals surface area contributed by atoms with Crippen molar-refractivity contribution in [3.8, 4) is 0 Å². The molecule has 1 atom stereocenters. The number of allylic oxidation sites excluding steroid dienone is 3. The second-order valence-corrected chi connectivity index (χ2v) is 8.15. The fourth-order valence-electron chi connectivity index (χ4n) is 3.20. The van der Waals surface area contributed by atoms with Crippen LogP contribution in [0, 0.1) is 11.3 Å². The molecule has 1 aliphatic heterocycles. The second kappa shape index (κ2) is 7.91. The van der Waals surface area contributed by atoms with E-state index >= 15 is 0 Å². The maximum absolute atomic E-state index is 6.24. The normalized spacial score (nSPS) is 19.1. The van der Waals surface area contributed by atoms with Gasteiger partial charge in [0, 0.05) is 23.1 Å². The largest absolute Gasteiger partial charge is 0.291 e. The first kappa shape index (κ1) is 19.3. The highest BCUT2D eigenvalue weighted by Gasteiger charge is 2.44. The molecule has 1 aromatic carbocycles. The highest BCUT2D eigenvalue weighted by Crippen LogP contribution is 2.44. The SMILES string of the molecule is C=C(/C=C\C=C/C)[C@@H](c1cc(Cl)cc(Cl)c1)N1CC(C)(C(C)C)C1. The van der Waals surface area contributed by atoms with E-state index in [9.17, 15) is 0 Å². The van der Waals surface area contributed by atoms with E-state index in [0.717, 1.165) is 24.2 Å². The lowest BCUT2D eigenvalue weighted by atomic mass is 9.71. The van der Waals surface area contributed by atoms with E-state index in [4.69, 9.17) is 23.2 Å². The smallest absolute Gasteiger partial charge is 0.0597 e. The predicted molar refractivity (Wildman–Crippen MR) is 107 cm³/mol. The molecule has 0 N–H and O–H groups in total. The fourth-order valence-corrected chi connectivity index (χ4v) is 3.75. The van der Waals surface area contributed by atoms with Crippen LogP contribution in [-0.4, -0.2) is 18.0 Å². The van der Waals surface area contributed by atoms with E-state index in [1.54, 1.807) is 6.07 Å². The summed E-state index contributed by atoms with van der Waals surface area (Å²) in [5.41, 5.74) is 2.51. The van der Waals surface area contributed by atoms with Crippen LogP contribution in [0.2, 0.25) is 10.0 Å². The summed E-state index contributed by atoms with van der Waals surface area (Å²) in [6.07, 6.45) is 8.13. The molecular formula is C21H27Cl2N. The number of hydrogen-bond donors (Lipinski definition) is 0. The Balaban J connectivity index is 2.31. The van der Waals surface area contributed by atoms with Gasteiger partial charge in [-0.15, -0.1) is 0 Å². The third-order valence-corrected chi connectivity index (χ3v) is 5.49. The van der Waals surface area contributed by atoms with Crippen LogP contribution in [0.4, 0.5) is 0 Å². The van der Waals surface area contributed by atoms with Crippen molar-refractivity contribution in [1.82, 2.24) is 4.90 Å². The standard InChI is InChI=1S/C21H27Cl2N/c1-6-7-8-9-16(4)20(17-10-18(22)12-19(23)11-17)24-13-21(5,14-24)15(2)3/h6-12,15,20H,4,13-14H2,1-3,5H3/b7-6-,9-8-/t20-/m0/s1. The Morgan fingerprint density at radius 3 is 2.25 bits per heavy atom. The van der Waals surface area contributed by atoms with Gasteiger partial charge < -0.3 is 0 Å². The van der Waals surface area contributed by atoms with Crippen LogP contribution in [0.25, 0.3) is 0 Å². The minimum Gasteiger partial charge on any atom is -0.291 e. The summed E-state index contributed by atoms with van der Waals surface area (Å²) >= 11 is 12.5. The Bertz CT molecular complexity index is 632. The number of likely N-dealkylation sites (tertiary alicyclic amines) is 1. The fraction of sp³-hybridized carbons (Fsp3) is 0.429. The minimum absolute atomic E-state index is 0.106. The van der Waals surface area contributed by atoms with Crippen LogP contribution in [0.5, 0.6) is 0 Å². The van der Waals surface area contributed by atoms with Gasteiger partial charge in [-0.05, 0) is 47.6 Å². The molecule has 1 aromatic rings. The zero-order chi connectivity index (χ0) is 17.9. The molecule has 24 heavy (non-hydrogen) atoms. The predicted octanol–water partition coefficient (Wildman–Crippen LogP) is 6.70. The zero-order valence-electron chi connectivity index (χ0n) is 15.0. The van der Waals surface area contributed by atoms with Crippen LogP contribution >= 0.6 is 23.2 Å². The number of nitrogens with zero attached hydrogens (tertiary/aromatic N) is 1. The summed E-state index contributed by atoms with van der Waals surface area (Å²) in [5, 5.41) is 1.33. The lowest BCUT2D eigenvalue weighted by molar-refractivity contribution is -0.0405. The van der Waals surface area contributed by atoms with E-state index in [-0.39, 0.29) is 6.04 Å². The number of benzene rings is 1. The molecule has 0 aliphatic carbocycles. The van der Waals surface area contributed by atoms with Crippen LogP contribution in [0.3, 0.4) is 0 Å². The minimum atomic E-state index is 0.106. The van der Waals surface area contributed by atoms with Crippen LogP contribution in [0.1, 0.15) is 39.3 Å². The van der Waals surface area contributed by atoms with Gasteiger partial charge in [-0.2, -0.15) is 0 Å². The highest BCUT2D eigenvalue weighted by molar-refractivity contribution is 6.34. The molecular weight excluding hydrogens is 337 g/mol. The van der Waals surface area contributed by atoms with Gasteiger partial charge in [0.25, 0.3) is 0 Å². The maximum Gasteiger partial charge on any atom is 0.0597 e. The highest BCUT2D eigenvalue weighted by atomic mass is 35.5. The van der Waals surface area contributed by atoms with Gasteiger partial charge in [-0.3, -0.25) is 4.90 Å². The Morgan fingerprint density at radius 1 is 1.17 bits per heavy atom. The molecule has 0 amide bonds. The zero-order valence-corrected chi connectivity index (χ0v) is 16.5. The third-order valence-electron chi connectivity index (χ3n) is 5.05. The van der Waals surface area contributed by atoms with Crippen molar-refractivity contribution in [3.05, 3.63) is 70.3 Å². The Kier molecular flexibility index (Phi) is 6.36. The van der Waals surface area contributed by atoms with Gasteiger partial charge in [-0.1, -0.05) is 74.9 Å². The number of halogens is 2. The van der Waals surface area contributed by atoms with Gasteiger partial charge >= 0.3 is 0 Å². The number of hydrogen-bond acceptors (Lipinski definition) is 1. The van der Waals surface area contributed by atoms with Gasteiger partial charge in [0.15, 0.2) is 0 Å². The summed E-state index contributed by atoms with van der Waals surface area (Å²) in [7, 11) is 0. The molecule has 1 fully saturated rings. The third kappa shape index (κ3) is 4.33. The molecule has 1 nitrogen and oxygen atoms in total. The molecule has 0 unspecified atom stereocenters. The van der Waals surface area contributed by atoms with Crippen molar-refractivity contribution in [2.45, 2.75) is 33.7 Å². The Labute approximate surface area is 156 Å². The molecule has 3 heteroatoms. The topological polar surface area (TPSA) is 3.24 Å². The summed E-state index contributed by atoms with van der Waals surface area (Å²) in [6, 6.07) is 5.88. The molecule has 0 radical (unpaired) electrons. The molecule has 1 aliphatic rings. The average Bonchev–Trinajstić information content (AvgIpc) is 2.44. The molecule has 0 aromatic heterocycles. The van der Waals surface area contributed by atoms with Crippen molar-refractivity contribution in [2.24, 2.45) is 11.3 Å². The molecule has 0 saturated carbocycles. The van der Waals surface area contributed by atoms with Crippen molar-refractivity contribution < 1.29 is 0 Å². The van der Waals surface area contributed by atoms with Gasteiger partial charge in [0.1, 0.15) is 0 Å². The lowest BCUT2D eigenvalue weighted by Gasteiger charge is -2.54. The lowest BCUT2D eigenvalue weighted by Crippen LogP contribution is -2.58. The van der Waals surface area contributed by atoms with E-state index in [1.807, 2.05) is 37.3 Å². The first-order valence-electron chi connectivity index (χ1n) is 8.45. The van der Waals surface area contributed by atoms with Crippen molar-refractivity contribution in [2.75, 3.05) is 13.1 Å². The Hall–Kier alpha value is -1.02. The van der Waals surface area contributed by atoms with Crippen molar-refractivity contribution in [1.29, 1.82) is 0 Å². The second-order valence-electron chi connectivity index (χ2n) is 7.28. The average molecular weight is 364 g/mol. The van der Waals surface area contributed by atoms with Gasteiger partial charge in [-0.25, -0.2) is 0 Å². The van der Waals surface area contributed by atoms with E-state index in [1.165, 1.54) is 0 Å². The maximum atomic E-state index is 6.24. The quantitative estimate of drug-likeness (QED) is 0.508. The summed E-state index contributed by atoms with van der Waals surface area (Å²) < 4.78 is 0. The van der Waals surface area contributed by atoms with Crippen molar-refractivity contribution in [3.63, 3.8) is 0 Å². The van der Waals surface area contributed by atoms with Crippen LogP contribution in [0.15, 0.2) is 54.7 Å². The molecule has 0 spiro atoms. The van der Waals surface area contributed by atoms with Gasteiger partial charge in [0.05, 0.1) is 6.04 Å². The van der Waals surface area contributed by atoms with Crippen molar-refractivity contribution >= 4 is 23.2 Å². The first-order chi connectivity index (χ1) is 11.3. The summed E-state index contributed by atoms with van der Waals surface area (Å²) in [4.78, 5) is 2.46. The summed E-state index contributed by atoms with van der Waals surface area (Å²) in [6.45, 7) is 15.4. The van der Waals surface area contributed by atoms with E-state index < -0.39 is 0 Å². The number of rotatable bonds is 6. The Morgan fingerprint density at radius 2 is 1.75 bits per heavy atom. The van der Waals surface area contributed by atoms with Crippen LogP contribution < -0.4 is 0 Å². The monoisotopic (exact) mass is 363 g/mol. The summed E-state index contributed by atoms with van der Waals surface area (Å²) in [5.74, 6) is 0.657. The molecule has 0 bridgehead atoms. The van der Waals surface area contributed by atoms with E-state index in [2.05, 4.69) is 38.3 Å². The first-order valence-corrected chi connectivity index (χ1v) is 9.20. The van der Waals surface area contributed by atoms with E-state index in [0.29, 0.717) is 21.4 Å². The van der Waals surface area contributed by atoms with Crippen LogP contribution in [-0.2, 0) is 0 Å². The van der Waals surface area contributed by atoms with Gasteiger partial charge in [0.2, 0.25) is 0 Å². The molecule has 2 rings (SSSR count).